The van der Waals surface area contributed by atoms with Crippen molar-refractivity contribution in [3.8, 4) is 0 Å². The molecular weight excluding hydrogens is 280 g/mol. The molecule has 8 heteroatoms. The summed E-state index contributed by atoms with van der Waals surface area (Å²) in [6, 6.07) is -1.32. The van der Waals surface area contributed by atoms with E-state index >= 15 is 0 Å². The number of aliphatic carboxylic acids is 2. The van der Waals surface area contributed by atoms with Gasteiger partial charge in [0.05, 0.1) is 12.8 Å². The largest absolute Gasteiger partial charge is 0.481 e. The number of ketones is 1. The molecule has 2 unspecified atom stereocenters. The summed E-state index contributed by atoms with van der Waals surface area (Å²) < 4.78 is 0. The Labute approximate surface area is 123 Å². The molecule has 122 valence electrons. The zero-order valence-electron chi connectivity index (χ0n) is 11.5. The van der Waals surface area contributed by atoms with E-state index < -0.39 is 29.9 Å². The number of nitrogens with one attached hydrogen (secondary N) is 2. The predicted molar refractivity (Wildman–Crippen MR) is 75.9 cm³/mol. The molecule has 4 N–H and O–H groups in total. The molecule has 0 aliphatic heterocycles. The fraction of sp³-hybridized carbons (Fsp3) is 0.692. The predicted octanol–water partition coefficient (Wildman–Crippen LogP) is 0.0139. The van der Waals surface area contributed by atoms with Crippen LogP contribution in [0.4, 0.5) is 0 Å². The SMILES string of the molecule is C.CNC(CC(=O)O)CC(=O)NC(CC(C)=O)CC(=O)O. The van der Waals surface area contributed by atoms with Crippen LogP contribution in [0.25, 0.3) is 0 Å². The fourth-order valence-corrected chi connectivity index (χ4v) is 1.73. The van der Waals surface area contributed by atoms with Gasteiger partial charge in [0.1, 0.15) is 5.78 Å². The lowest BCUT2D eigenvalue weighted by Crippen LogP contribution is -2.41. The lowest BCUT2D eigenvalue weighted by atomic mass is 10.1. The molecule has 0 bridgehead atoms. The summed E-state index contributed by atoms with van der Waals surface area (Å²) >= 11 is 0. The first kappa shape index (κ1) is 21.3. The van der Waals surface area contributed by atoms with Gasteiger partial charge in [-0.2, -0.15) is 0 Å². The van der Waals surface area contributed by atoms with E-state index in [-0.39, 0.29) is 38.9 Å². The number of carbonyl (C=O) groups is 4. The molecule has 0 aliphatic rings. The number of rotatable bonds is 10. The Balaban J connectivity index is 0. The third-order valence-corrected chi connectivity index (χ3v) is 2.58. The van der Waals surface area contributed by atoms with Gasteiger partial charge in [0.15, 0.2) is 0 Å². The van der Waals surface area contributed by atoms with Gasteiger partial charge in [-0.3, -0.25) is 19.2 Å². The van der Waals surface area contributed by atoms with E-state index in [0.717, 1.165) is 0 Å². The first-order chi connectivity index (χ1) is 9.24. The molecule has 0 aliphatic carbocycles. The summed E-state index contributed by atoms with van der Waals surface area (Å²) in [5.41, 5.74) is 0. The molecule has 2 atom stereocenters. The standard InChI is InChI=1S/C12H20N2O6.CH4/c1-7(15)3-9(6-12(19)20)14-10(16)4-8(13-2)5-11(17)18;/h8-9,13H,3-6H2,1-2H3,(H,14,16)(H,17,18)(H,19,20);1H4. The molecule has 21 heavy (non-hydrogen) atoms. The van der Waals surface area contributed by atoms with E-state index in [1.165, 1.54) is 14.0 Å². The number of hydrogen-bond donors (Lipinski definition) is 4. The van der Waals surface area contributed by atoms with E-state index in [9.17, 15) is 19.2 Å². The highest BCUT2D eigenvalue weighted by molar-refractivity contribution is 5.81. The minimum absolute atomic E-state index is 0. The molecule has 0 rings (SSSR count). The topological polar surface area (TPSA) is 133 Å². The Morgan fingerprint density at radius 2 is 1.38 bits per heavy atom. The van der Waals surface area contributed by atoms with Gasteiger partial charge < -0.3 is 20.8 Å². The van der Waals surface area contributed by atoms with Crippen molar-refractivity contribution in [2.45, 2.75) is 52.1 Å². The summed E-state index contributed by atoms with van der Waals surface area (Å²) in [4.78, 5) is 43.9. The van der Waals surface area contributed by atoms with Crippen molar-refractivity contribution in [2.24, 2.45) is 0 Å². The van der Waals surface area contributed by atoms with Gasteiger partial charge in [-0.05, 0) is 14.0 Å². The maximum atomic E-state index is 11.7. The summed E-state index contributed by atoms with van der Waals surface area (Å²) in [6.45, 7) is 1.31. The number of hydrogen-bond acceptors (Lipinski definition) is 5. The van der Waals surface area contributed by atoms with Gasteiger partial charge >= 0.3 is 11.9 Å². The molecule has 1 amide bonds. The number of carboxylic acids is 2. The highest BCUT2D eigenvalue weighted by Crippen LogP contribution is 2.03. The van der Waals surface area contributed by atoms with Crippen molar-refractivity contribution in [2.75, 3.05) is 7.05 Å². The van der Waals surface area contributed by atoms with E-state index in [4.69, 9.17) is 10.2 Å². The molecule has 0 saturated carbocycles. The van der Waals surface area contributed by atoms with Crippen LogP contribution < -0.4 is 10.6 Å². The van der Waals surface area contributed by atoms with E-state index in [2.05, 4.69) is 10.6 Å². The minimum Gasteiger partial charge on any atom is -0.481 e. The second-order valence-corrected chi connectivity index (χ2v) is 4.56. The fourth-order valence-electron chi connectivity index (χ4n) is 1.73. The van der Waals surface area contributed by atoms with E-state index in [0.29, 0.717) is 0 Å². The number of amides is 1. The van der Waals surface area contributed by atoms with Crippen LogP contribution in [-0.2, 0) is 19.2 Å². The third-order valence-electron chi connectivity index (χ3n) is 2.58. The molecular formula is C13H24N2O6. The maximum absolute atomic E-state index is 11.7. The minimum atomic E-state index is -1.12. The number of carboxylic acid groups (broad SMARTS) is 2. The van der Waals surface area contributed by atoms with Crippen LogP contribution in [0.1, 0.15) is 40.0 Å². The Hall–Kier alpha value is -1.96. The lowest BCUT2D eigenvalue weighted by Gasteiger charge is -2.18. The smallest absolute Gasteiger partial charge is 0.305 e. The average molecular weight is 304 g/mol. The second kappa shape index (κ2) is 10.8. The Morgan fingerprint density at radius 1 is 0.905 bits per heavy atom. The van der Waals surface area contributed by atoms with E-state index in [1.807, 2.05) is 0 Å². The molecule has 0 aromatic heterocycles. The molecule has 0 saturated heterocycles. The van der Waals surface area contributed by atoms with Crippen LogP contribution in [0.5, 0.6) is 0 Å². The molecule has 8 nitrogen and oxygen atoms in total. The molecule has 0 aromatic carbocycles. The van der Waals surface area contributed by atoms with Crippen LogP contribution in [0.15, 0.2) is 0 Å². The van der Waals surface area contributed by atoms with Gasteiger partial charge in [-0.1, -0.05) is 7.43 Å². The van der Waals surface area contributed by atoms with Crippen LogP contribution in [0.2, 0.25) is 0 Å². The van der Waals surface area contributed by atoms with Crippen LogP contribution in [0.3, 0.4) is 0 Å². The summed E-state index contributed by atoms with van der Waals surface area (Å²) in [5.74, 6) is -2.87. The van der Waals surface area contributed by atoms with Crippen molar-refractivity contribution in [3.05, 3.63) is 0 Å². The molecule has 0 heterocycles. The van der Waals surface area contributed by atoms with Gasteiger partial charge in [0.25, 0.3) is 0 Å². The molecule has 0 fully saturated rings. The summed E-state index contributed by atoms with van der Waals surface area (Å²) in [6.07, 6.45) is -0.743. The summed E-state index contributed by atoms with van der Waals surface area (Å²) in [5, 5.41) is 22.5. The van der Waals surface area contributed by atoms with Gasteiger partial charge in [0, 0.05) is 24.9 Å². The van der Waals surface area contributed by atoms with Crippen molar-refractivity contribution >= 4 is 23.6 Å². The average Bonchev–Trinajstić information content (AvgIpc) is 2.25. The maximum Gasteiger partial charge on any atom is 0.305 e. The first-order valence-electron chi connectivity index (χ1n) is 6.14. The molecule has 0 radical (unpaired) electrons. The third kappa shape index (κ3) is 11.6. The highest BCUT2D eigenvalue weighted by Gasteiger charge is 2.20. The molecule has 0 aromatic rings. The highest BCUT2D eigenvalue weighted by atomic mass is 16.4. The van der Waals surface area contributed by atoms with Crippen molar-refractivity contribution in [3.63, 3.8) is 0 Å². The first-order valence-corrected chi connectivity index (χ1v) is 6.14. The van der Waals surface area contributed by atoms with E-state index in [1.54, 1.807) is 0 Å². The van der Waals surface area contributed by atoms with Crippen molar-refractivity contribution in [1.29, 1.82) is 0 Å². The Bertz CT molecular complexity index is 367. The van der Waals surface area contributed by atoms with Crippen molar-refractivity contribution in [1.82, 2.24) is 10.6 Å². The quantitative estimate of drug-likeness (QED) is 0.447. The van der Waals surface area contributed by atoms with Gasteiger partial charge in [0.2, 0.25) is 5.91 Å². The van der Waals surface area contributed by atoms with Crippen LogP contribution in [-0.4, -0.2) is 53.0 Å². The van der Waals surface area contributed by atoms with Crippen molar-refractivity contribution < 1.29 is 29.4 Å². The summed E-state index contributed by atoms with van der Waals surface area (Å²) in [7, 11) is 1.53. The van der Waals surface area contributed by atoms with Crippen LogP contribution >= 0.6 is 0 Å². The normalized spacial score (nSPS) is 12.7. The Morgan fingerprint density at radius 3 is 1.76 bits per heavy atom. The zero-order chi connectivity index (χ0) is 15.7. The lowest BCUT2D eigenvalue weighted by molar-refractivity contribution is -0.138. The van der Waals surface area contributed by atoms with Crippen LogP contribution in [0, 0.1) is 0 Å². The number of Topliss-reactive ketones (excluding diaryl/α,β-unsaturated/α-hetero) is 1. The number of carbonyl (C=O) groups excluding carboxylic acids is 2. The monoisotopic (exact) mass is 304 g/mol. The second-order valence-electron chi connectivity index (χ2n) is 4.56. The van der Waals surface area contributed by atoms with Gasteiger partial charge in [-0.25, -0.2) is 0 Å². The van der Waals surface area contributed by atoms with Gasteiger partial charge in [-0.15, -0.1) is 0 Å². The zero-order valence-corrected chi connectivity index (χ0v) is 11.5. The Kier molecular flexibility index (Phi) is 11.0. The molecule has 0 spiro atoms.